The van der Waals surface area contributed by atoms with Crippen LogP contribution in [0.3, 0.4) is 0 Å². The van der Waals surface area contributed by atoms with E-state index in [9.17, 15) is 14.7 Å². The van der Waals surface area contributed by atoms with E-state index in [4.69, 9.17) is 0 Å². The number of aromatic carboxylic acids is 1. The summed E-state index contributed by atoms with van der Waals surface area (Å²) < 4.78 is 1.71. The maximum atomic E-state index is 11.7. The number of carboxylic acid groups (broad SMARTS) is 1. The maximum absolute atomic E-state index is 11.7. The number of benzene rings is 1. The van der Waals surface area contributed by atoms with E-state index in [1.54, 1.807) is 17.7 Å². The van der Waals surface area contributed by atoms with E-state index in [1.165, 1.54) is 0 Å². The van der Waals surface area contributed by atoms with Crippen molar-refractivity contribution in [1.29, 1.82) is 0 Å². The number of aromatic nitrogens is 3. The first-order chi connectivity index (χ1) is 13.5. The summed E-state index contributed by atoms with van der Waals surface area (Å²) in [5.41, 5.74) is 3.21. The van der Waals surface area contributed by atoms with Gasteiger partial charge in [0.15, 0.2) is 11.3 Å². The first kappa shape index (κ1) is 18.2. The normalized spacial score (nSPS) is 15.1. The number of nitrogens with zero attached hydrogens (tertiary/aromatic N) is 4. The van der Waals surface area contributed by atoms with Gasteiger partial charge in [-0.05, 0) is 49.4 Å². The van der Waals surface area contributed by atoms with E-state index >= 15 is 0 Å². The number of aryl methyl sites for hydroxylation is 1. The average molecular weight is 378 g/mol. The highest BCUT2D eigenvalue weighted by Gasteiger charge is 2.27. The summed E-state index contributed by atoms with van der Waals surface area (Å²) in [6.07, 6.45) is 1.60. The van der Waals surface area contributed by atoms with Gasteiger partial charge in [-0.3, -0.25) is 4.79 Å². The van der Waals surface area contributed by atoms with E-state index in [0.717, 1.165) is 35.2 Å². The molecule has 28 heavy (non-hydrogen) atoms. The van der Waals surface area contributed by atoms with Gasteiger partial charge in [0, 0.05) is 25.4 Å². The lowest BCUT2D eigenvalue weighted by atomic mass is 9.87. The van der Waals surface area contributed by atoms with Crippen molar-refractivity contribution < 1.29 is 14.7 Å². The number of hydrogen-bond acceptors (Lipinski definition) is 4. The van der Waals surface area contributed by atoms with Gasteiger partial charge in [-0.15, -0.1) is 0 Å². The molecule has 1 aromatic carbocycles. The number of hydrogen-bond donors (Lipinski definition) is 1. The third-order valence-electron chi connectivity index (χ3n) is 5.44. The van der Waals surface area contributed by atoms with E-state index < -0.39 is 5.97 Å². The topological polar surface area (TPSA) is 88.3 Å². The van der Waals surface area contributed by atoms with Crippen LogP contribution < -0.4 is 0 Å². The molecule has 7 nitrogen and oxygen atoms in total. The molecule has 0 bridgehead atoms. The number of carbonyl (C=O) groups is 2. The van der Waals surface area contributed by atoms with Crippen LogP contribution in [0.4, 0.5) is 0 Å². The number of carbonyl (C=O) groups excluding carboxylic acids is 1. The number of carboxylic acids is 1. The Balaban J connectivity index is 1.86. The summed E-state index contributed by atoms with van der Waals surface area (Å²) in [6.45, 7) is 4.87. The first-order valence-electron chi connectivity index (χ1n) is 9.40. The SMILES string of the molecule is CC(=O)N1CCC(c2cc(C(=O)O)nc3c2c(C)nn3-c2ccccc2)CC1. The van der Waals surface area contributed by atoms with Crippen LogP contribution in [0.15, 0.2) is 36.4 Å². The molecule has 3 aromatic rings. The Morgan fingerprint density at radius 2 is 1.82 bits per heavy atom. The highest BCUT2D eigenvalue weighted by molar-refractivity contribution is 5.92. The molecule has 1 saturated heterocycles. The van der Waals surface area contributed by atoms with Gasteiger partial charge < -0.3 is 10.0 Å². The van der Waals surface area contributed by atoms with Gasteiger partial charge >= 0.3 is 5.97 Å². The summed E-state index contributed by atoms with van der Waals surface area (Å²) in [6, 6.07) is 11.3. The lowest BCUT2D eigenvalue weighted by molar-refractivity contribution is -0.129. The van der Waals surface area contributed by atoms with Gasteiger partial charge in [0.25, 0.3) is 0 Å². The second-order valence-corrected chi connectivity index (χ2v) is 7.21. The maximum Gasteiger partial charge on any atom is 0.354 e. The minimum Gasteiger partial charge on any atom is -0.477 e. The van der Waals surface area contributed by atoms with Crippen molar-refractivity contribution in [3.63, 3.8) is 0 Å². The molecule has 2 aromatic heterocycles. The van der Waals surface area contributed by atoms with Crippen LogP contribution >= 0.6 is 0 Å². The number of rotatable bonds is 3. The molecule has 3 heterocycles. The Kier molecular flexibility index (Phi) is 4.58. The Labute approximate surface area is 162 Å². The molecule has 1 N–H and O–H groups in total. The third kappa shape index (κ3) is 3.13. The van der Waals surface area contributed by atoms with Crippen LogP contribution in [0, 0.1) is 6.92 Å². The smallest absolute Gasteiger partial charge is 0.354 e. The van der Waals surface area contributed by atoms with Gasteiger partial charge in [-0.1, -0.05) is 18.2 Å². The monoisotopic (exact) mass is 378 g/mol. The molecule has 0 aliphatic carbocycles. The number of fused-ring (bicyclic) bond motifs is 1. The second kappa shape index (κ2) is 7.07. The molecular weight excluding hydrogens is 356 g/mol. The third-order valence-corrected chi connectivity index (χ3v) is 5.44. The first-order valence-corrected chi connectivity index (χ1v) is 9.40. The average Bonchev–Trinajstić information content (AvgIpc) is 3.05. The molecule has 0 unspecified atom stereocenters. The Bertz CT molecular complexity index is 1050. The number of amides is 1. The van der Waals surface area contributed by atoms with Crippen molar-refractivity contribution in [3.05, 3.63) is 53.3 Å². The minimum absolute atomic E-state index is 0.0218. The van der Waals surface area contributed by atoms with Crippen molar-refractivity contribution in [2.24, 2.45) is 0 Å². The summed E-state index contributed by atoms with van der Waals surface area (Å²) in [5.74, 6) is -0.799. The predicted octanol–water partition coefficient (Wildman–Crippen LogP) is 3.15. The number of piperidine rings is 1. The van der Waals surface area contributed by atoms with E-state index in [-0.39, 0.29) is 17.5 Å². The van der Waals surface area contributed by atoms with E-state index in [0.29, 0.717) is 18.7 Å². The summed E-state index contributed by atoms with van der Waals surface area (Å²) in [7, 11) is 0. The Morgan fingerprint density at radius 1 is 1.14 bits per heavy atom. The molecule has 144 valence electrons. The summed E-state index contributed by atoms with van der Waals surface area (Å²) in [4.78, 5) is 29.6. The molecule has 0 atom stereocenters. The Hall–Kier alpha value is -3.22. The van der Waals surface area contributed by atoms with Gasteiger partial charge in [-0.25, -0.2) is 14.5 Å². The molecule has 1 amide bonds. The molecule has 7 heteroatoms. The van der Waals surface area contributed by atoms with Crippen molar-refractivity contribution in [2.45, 2.75) is 32.6 Å². The zero-order valence-electron chi connectivity index (χ0n) is 15.9. The second-order valence-electron chi connectivity index (χ2n) is 7.21. The van der Waals surface area contributed by atoms with Gasteiger partial charge in [0.1, 0.15) is 0 Å². The number of pyridine rings is 1. The van der Waals surface area contributed by atoms with Crippen LogP contribution in [0.2, 0.25) is 0 Å². The highest BCUT2D eigenvalue weighted by atomic mass is 16.4. The van der Waals surface area contributed by atoms with Crippen LogP contribution in [0.1, 0.15) is 47.4 Å². The number of para-hydroxylation sites is 1. The zero-order chi connectivity index (χ0) is 19.8. The quantitative estimate of drug-likeness (QED) is 0.756. The molecular formula is C21H22N4O3. The van der Waals surface area contributed by atoms with Gasteiger partial charge in [0.05, 0.1) is 11.4 Å². The minimum atomic E-state index is -1.05. The lowest BCUT2D eigenvalue weighted by Gasteiger charge is -2.31. The fourth-order valence-corrected chi connectivity index (χ4v) is 4.01. The van der Waals surface area contributed by atoms with Crippen LogP contribution in [-0.2, 0) is 4.79 Å². The highest BCUT2D eigenvalue weighted by Crippen LogP contribution is 2.35. The standard InChI is InChI=1S/C21H22N4O3/c1-13-19-17(15-8-10-24(11-9-15)14(2)26)12-18(21(27)28)22-20(19)25(23-13)16-6-4-3-5-7-16/h3-7,12,15H,8-11H2,1-2H3,(H,27,28). The molecule has 0 saturated carbocycles. The van der Waals surface area contributed by atoms with E-state index in [1.807, 2.05) is 42.2 Å². The molecule has 1 fully saturated rings. The number of likely N-dealkylation sites (tertiary alicyclic amines) is 1. The molecule has 1 aliphatic rings. The zero-order valence-corrected chi connectivity index (χ0v) is 15.9. The van der Waals surface area contributed by atoms with Crippen LogP contribution in [-0.4, -0.2) is 49.7 Å². The van der Waals surface area contributed by atoms with E-state index in [2.05, 4.69) is 10.1 Å². The predicted molar refractivity (Wildman–Crippen MR) is 105 cm³/mol. The largest absolute Gasteiger partial charge is 0.477 e. The summed E-state index contributed by atoms with van der Waals surface area (Å²) in [5, 5.41) is 15.2. The van der Waals surface area contributed by atoms with Crippen molar-refractivity contribution in [3.8, 4) is 5.69 Å². The summed E-state index contributed by atoms with van der Waals surface area (Å²) >= 11 is 0. The van der Waals surface area contributed by atoms with Crippen molar-refractivity contribution >= 4 is 22.9 Å². The van der Waals surface area contributed by atoms with Crippen LogP contribution in [0.5, 0.6) is 0 Å². The van der Waals surface area contributed by atoms with Crippen molar-refractivity contribution in [2.75, 3.05) is 13.1 Å². The molecule has 4 rings (SSSR count). The fourth-order valence-electron chi connectivity index (χ4n) is 4.01. The lowest BCUT2D eigenvalue weighted by Crippen LogP contribution is -2.36. The van der Waals surface area contributed by atoms with Gasteiger partial charge in [0.2, 0.25) is 5.91 Å². The molecule has 0 radical (unpaired) electrons. The fraction of sp³-hybridized carbons (Fsp3) is 0.333. The Morgan fingerprint density at radius 3 is 2.43 bits per heavy atom. The molecule has 1 aliphatic heterocycles. The van der Waals surface area contributed by atoms with Gasteiger partial charge in [-0.2, -0.15) is 5.10 Å². The van der Waals surface area contributed by atoms with Crippen molar-refractivity contribution in [1.82, 2.24) is 19.7 Å². The molecule has 0 spiro atoms. The van der Waals surface area contributed by atoms with Crippen LogP contribution in [0.25, 0.3) is 16.7 Å².